The van der Waals surface area contributed by atoms with Crippen molar-refractivity contribution >= 4 is 34.1 Å². The summed E-state index contributed by atoms with van der Waals surface area (Å²) in [5.74, 6) is -0.169. The average molecular weight is 303 g/mol. The van der Waals surface area contributed by atoms with E-state index in [2.05, 4.69) is 4.98 Å². The number of ketones is 2. The second-order valence-corrected chi connectivity index (χ2v) is 5.41. The first-order valence-corrected chi connectivity index (χ1v) is 7.25. The summed E-state index contributed by atoms with van der Waals surface area (Å²) in [6, 6.07) is 14.9. The van der Waals surface area contributed by atoms with Gasteiger partial charge in [0.05, 0.1) is 23.9 Å². The van der Waals surface area contributed by atoms with Gasteiger partial charge in [-0.25, -0.2) is 0 Å². The molecule has 3 aromatic rings. The van der Waals surface area contributed by atoms with Gasteiger partial charge in [0.2, 0.25) is 11.6 Å². The van der Waals surface area contributed by atoms with Crippen molar-refractivity contribution in [2.45, 2.75) is 0 Å². The Morgan fingerprint density at radius 2 is 1.70 bits per heavy atom. The summed E-state index contributed by atoms with van der Waals surface area (Å²) < 4.78 is 5.13. The summed E-state index contributed by atoms with van der Waals surface area (Å²) in [5, 5.41) is 0.791. The molecule has 112 valence electrons. The minimum atomic E-state index is -0.465. The molecule has 1 heterocycles. The van der Waals surface area contributed by atoms with Crippen molar-refractivity contribution in [3.05, 3.63) is 65.4 Å². The van der Waals surface area contributed by atoms with Crippen LogP contribution in [-0.4, -0.2) is 23.7 Å². The van der Waals surface area contributed by atoms with Crippen LogP contribution in [0.2, 0.25) is 0 Å². The first-order chi connectivity index (χ1) is 11.2. The molecule has 0 fully saturated rings. The third-order valence-electron chi connectivity index (χ3n) is 4.08. The highest BCUT2D eigenvalue weighted by Crippen LogP contribution is 2.36. The molecule has 0 amide bonds. The molecule has 1 aliphatic carbocycles. The van der Waals surface area contributed by atoms with Crippen LogP contribution in [0, 0.1) is 0 Å². The maximum atomic E-state index is 12.3. The summed E-state index contributed by atoms with van der Waals surface area (Å²) in [5.41, 5.74) is 3.20. The fourth-order valence-electron chi connectivity index (χ4n) is 2.93. The number of nitrogens with one attached hydrogen (secondary N) is 1. The van der Waals surface area contributed by atoms with E-state index in [0.717, 1.165) is 22.2 Å². The Kier molecular flexibility index (Phi) is 2.91. The van der Waals surface area contributed by atoms with E-state index in [1.807, 2.05) is 48.5 Å². The molecular weight excluding hydrogens is 290 g/mol. The first kappa shape index (κ1) is 13.5. The Balaban J connectivity index is 1.88. The maximum Gasteiger partial charge on any atom is 0.236 e. The van der Waals surface area contributed by atoms with E-state index in [0.29, 0.717) is 16.8 Å². The third-order valence-corrected chi connectivity index (χ3v) is 4.08. The molecule has 0 aliphatic heterocycles. The Hall–Kier alpha value is -3.14. The van der Waals surface area contributed by atoms with Crippen molar-refractivity contribution < 1.29 is 14.3 Å². The number of hydrogen-bond donors (Lipinski definition) is 1. The number of carbonyl (C=O) groups is 2. The zero-order valence-electron chi connectivity index (χ0n) is 12.4. The molecule has 0 radical (unpaired) electrons. The highest BCUT2D eigenvalue weighted by Gasteiger charge is 2.36. The largest absolute Gasteiger partial charge is 0.497 e. The minimum absolute atomic E-state index is 0.409. The normalized spacial score (nSPS) is 15.4. The van der Waals surface area contributed by atoms with Gasteiger partial charge >= 0.3 is 0 Å². The Morgan fingerprint density at radius 3 is 2.43 bits per heavy atom. The van der Waals surface area contributed by atoms with Gasteiger partial charge in [-0.05, 0) is 29.8 Å². The van der Waals surface area contributed by atoms with Gasteiger partial charge in [-0.1, -0.05) is 30.3 Å². The number of Topliss-reactive ketones (excluding diaryl/α,β-unsaturated/α-hetero) is 2. The van der Waals surface area contributed by atoms with Crippen LogP contribution in [0.3, 0.4) is 0 Å². The van der Waals surface area contributed by atoms with Crippen molar-refractivity contribution in [3.8, 4) is 5.75 Å². The molecule has 1 aromatic heterocycles. The van der Waals surface area contributed by atoms with Gasteiger partial charge in [-0.2, -0.15) is 0 Å². The molecule has 0 atom stereocenters. The minimum Gasteiger partial charge on any atom is -0.497 e. The molecule has 4 nitrogen and oxygen atoms in total. The number of methoxy groups -OCH3 is 1. The first-order valence-electron chi connectivity index (χ1n) is 7.25. The number of hydrogen-bond acceptors (Lipinski definition) is 3. The van der Waals surface area contributed by atoms with E-state index in [-0.39, 0.29) is 0 Å². The van der Waals surface area contributed by atoms with E-state index >= 15 is 0 Å². The predicted molar refractivity (Wildman–Crippen MR) is 88.5 cm³/mol. The molecule has 0 saturated heterocycles. The maximum absolute atomic E-state index is 12.3. The van der Waals surface area contributed by atoms with E-state index < -0.39 is 11.6 Å². The van der Waals surface area contributed by atoms with E-state index in [4.69, 9.17) is 4.74 Å². The number of aromatic amines is 1. The van der Waals surface area contributed by atoms with Crippen LogP contribution in [0.15, 0.2) is 48.5 Å². The second-order valence-electron chi connectivity index (χ2n) is 5.41. The van der Waals surface area contributed by atoms with Crippen LogP contribution in [-0.2, 0) is 4.79 Å². The summed E-state index contributed by atoms with van der Waals surface area (Å²) in [6.07, 6.45) is 1.74. The highest BCUT2D eigenvalue weighted by atomic mass is 16.5. The quantitative estimate of drug-likeness (QED) is 0.582. The average Bonchev–Trinajstić information content (AvgIpc) is 3.07. The molecule has 2 aromatic carbocycles. The predicted octanol–water partition coefficient (Wildman–Crippen LogP) is 3.48. The lowest BCUT2D eigenvalue weighted by atomic mass is 10.1. The number of benzene rings is 2. The summed E-state index contributed by atoms with van der Waals surface area (Å²) in [6.45, 7) is 0. The van der Waals surface area contributed by atoms with E-state index in [9.17, 15) is 9.59 Å². The monoisotopic (exact) mass is 303 g/mol. The standard InChI is InChI=1S/C19H13NO3/c1-23-12-8-6-11(7-9-12)10-14-17-16(19(22)18(14)21)13-4-2-3-5-15(13)20-17/h2-10,20H,1H3/b14-10+. The Labute approximate surface area is 132 Å². The van der Waals surface area contributed by atoms with Crippen LogP contribution in [0.1, 0.15) is 21.6 Å². The fourth-order valence-corrected chi connectivity index (χ4v) is 2.93. The van der Waals surface area contributed by atoms with Crippen LogP contribution < -0.4 is 4.74 Å². The number of para-hydroxylation sites is 1. The van der Waals surface area contributed by atoms with Crippen LogP contribution >= 0.6 is 0 Å². The van der Waals surface area contributed by atoms with Crippen molar-refractivity contribution in [1.82, 2.24) is 4.98 Å². The summed E-state index contributed by atoms with van der Waals surface area (Å²) in [7, 11) is 1.60. The number of ether oxygens (including phenoxy) is 1. The van der Waals surface area contributed by atoms with Gasteiger partial charge in [-0.15, -0.1) is 0 Å². The number of H-pyrrole nitrogens is 1. The molecule has 0 bridgehead atoms. The highest BCUT2D eigenvalue weighted by molar-refractivity contribution is 6.65. The molecule has 4 rings (SSSR count). The molecule has 0 saturated carbocycles. The van der Waals surface area contributed by atoms with Gasteiger partial charge in [-0.3, -0.25) is 9.59 Å². The molecular formula is C19H13NO3. The number of carbonyl (C=O) groups excluding carboxylic acids is 2. The lowest BCUT2D eigenvalue weighted by Crippen LogP contribution is -2.06. The van der Waals surface area contributed by atoms with Crippen LogP contribution in [0.5, 0.6) is 5.75 Å². The van der Waals surface area contributed by atoms with Crippen molar-refractivity contribution in [1.29, 1.82) is 0 Å². The van der Waals surface area contributed by atoms with Gasteiger partial charge in [0.1, 0.15) is 5.75 Å². The van der Waals surface area contributed by atoms with Crippen LogP contribution in [0.25, 0.3) is 22.6 Å². The Morgan fingerprint density at radius 1 is 0.957 bits per heavy atom. The Bertz CT molecular complexity index is 978. The van der Waals surface area contributed by atoms with Crippen molar-refractivity contribution in [3.63, 3.8) is 0 Å². The van der Waals surface area contributed by atoms with Crippen molar-refractivity contribution in [2.24, 2.45) is 0 Å². The molecule has 1 N–H and O–H groups in total. The lowest BCUT2D eigenvalue weighted by molar-refractivity contribution is -0.109. The summed E-state index contributed by atoms with van der Waals surface area (Å²) in [4.78, 5) is 27.9. The fraction of sp³-hybridized carbons (Fsp3) is 0.0526. The number of rotatable bonds is 2. The lowest BCUT2D eigenvalue weighted by Gasteiger charge is -2.00. The van der Waals surface area contributed by atoms with Gasteiger partial charge in [0.15, 0.2) is 0 Å². The van der Waals surface area contributed by atoms with Gasteiger partial charge in [0, 0.05) is 10.9 Å². The molecule has 4 heteroatoms. The summed E-state index contributed by atoms with van der Waals surface area (Å²) >= 11 is 0. The molecule has 0 unspecified atom stereocenters. The van der Waals surface area contributed by atoms with E-state index in [1.165, 1.54) is 0 Å². The smallest absolute Gasteiger partial charge is 0.236 e. The zero-order valence-corrected chi connectivity index (χ0v) is 12.4. The van der Waals surface area contributed by atoms with Gasteiger partial charge < -0.3 is 9.72 Å². The van der Waals surface area contributed by atoms with E-state index in [1.54, 1.807) is 13.2 Å². The SMILES string of the molecule is COc1ccc(/C=C2/C(=O)C(=O)c3c2[nH]c2ccccc32)cc1. The molecule has 0 spiro atoms. The number of fused-ring (bicyclic) bond motifs is 3. The third kappa shape index (κ3) is 1.99. The molecule has 23 heavy (non-hydrogen) atoms. The van der Waals surface area contributed by atoms with Crippen LogP contribution in [0.4, 0.5) is 0 Å². The number of aromatic nitrogens is 1. The van der Waals surface area contributed by atoms with Crippen molar-refractivity contribution in [2.75, 3.05) is 7.11 Å². The second kappa shape index (κ2) is 4.95. The number of allylic oxidation sites excluding steroid dienone is 1. The van der Waals surface area contributed by atoms with Gasteiger partial charge in [0.25, 0.3) is 0 Å². The molecule has 1 aliphatic rings. The topological polar surface area (TPSA) is 59.2 Å². The zero-order chi connectivity index (χ0) is 16.0.